The van der Waals surface area contributed by atoms with Crippen molar-refractivity contribution in [2.75, 3.05) is 0 Å². The van der Waals surface area contributed by atoms with Crippen molar-refractivity contribution in [2.45, 2.75) is 38.4 Å². The Kier molecular flexibility index (Phi) is 5.36. The number of hydrogen-bond acceptors (Lipinski definition) is 2. The second kappa shape index (κ2) is 7.70. The number of halogens is 3. The minimum atomic E-state index is -4.40. The third kappa shape index (κ3) is 4.22. The van der Waals surface area contributed by atoms with Crippen LogP contribution in [0.3, 0.4) is 0 Å². The summed E-state index contributed by atoms with van der Waals surface area (Å²) in [5, 5.41) is 8.54. The maximum absolute atomic E-state index is 12.9. The highest BCUT2D eigenvalue weighted by Crippen LogP contribution is 2.32. The maximum atomic E-state index is 12.9. The Bertz CT molecular complexity index is 1040. The van der Waals surface area contributed by atoms with Gasteiger partial charge in [0.05, 0.1) is 22.7 Å². The van der Waals surface area contributed by atoms with Crippen LogP contribution in [0.1, 0.15) is 31.2 Å². The molecule has 0 saturated heterocycles. The molecule has 0 aliphatic carbocycles. The number of aryl methyl sites for hydroxylation is 1. The Morgan fingerprint density at radius 2 is 1.81 bits per heavy atom. The summed E-state index contributed by atoms with van der Waals surface area (Å²) >= 11 is 0. The molecule has 4 nitrogen and oxygen atoms in total. The largest absolute Gasteiger partial charge is 0.416 e. The number of rotatable bonds is 6. The van der Waals surface area contributed by atoms with Crippen molar-refractivity contribution in [1.82, 2.24) is 9.55 Å². The van der Waals surface area contributed by atoms with Crippen molar-refractivity contribution >= 4 is 11.0 Å². The molecule has 3 aromatic rings. The standard InChI is InChI=1S/C20H18F3N3O/c21-20(22,23)16-7-5-6-14(12-16)15-8-9-18-17(13-15)25-19(27)26(18)11-4-2-1-3-10-24/h5-9,12-13H,1-4,11H2,(H,25,27). The number of fused-ring (bicyclic) bond motifs is 1. The van der Waals surface area contributed by atoms with Crippen LogP contribution in [0.2, 0.25) is 0 Å². The Labute approximate surface area is 153 Å². The normalized spacial score (nSPS) is 11.6. The zero-order valence-corrected chi connectivity index (χ0v) is 14.5. The quantitative estimate of drug-likeness (QED) is 0.611. The molecule has 0 aliphatic heterocycles. The maximum Gasteiger partial charge on any atom is 0.416 e. The van der Waals surface area contributed by atoms with Gasteiger partial charge in [-0.15, -0.1) is 0 Å². The summed E-state index contributed by atoms with van der Waals surface area (Å²) in [5.74, 6) is 0. The second-order valence-corrected chi connectivity index (χ2v) is 6.36. The van der Waals surface area contributed by atoms with Gasteiger partial charge in [-0.3, -0.25) is 4.57 Å². The van der Waals surface area contributed by atoms with Gasteiger partial charge in [0.2, 0.25) is 0 Å². The molecule has 3 rings (SSSR count). The first-order chi connectivity index (χ1) is 12.9. The fourth-order valence-corrected chi connectivity index (χ4v) is 3.09. The topological polar surface area (TPSA) is 61.6 Å². The first kappa shape index (κ1) is 18.8. The van der Waals surface area contributed by atoms with E-state index in [2.05, 4.69) is 11.1 Å². The number of unbranched alkanes of at least 4 members (excludes halogenated alkanes) is 3. The number of hydrogen-bond donors (Lipinski definition) is 1. The van der Waals surface area contributed by atoms with Crippen molar-refractivity contribution < 1.29 is 13.2 Å². The van der Waals surface area contributed by atoms with Crippen LogP contribution >= 0.6 is 0 Å². The molecule has 0 saturated carbocycles. The van der Waals surface area contributed by atoms with E-state index in [1.165, 1.54) is 6.07 Å². The molecule has 0 bridgehead atoms. The van der Waals surface area contributed by atoms with Crippen LogP contribution in [0.4, 0.5) is 13.2 Å². The van der Waals surface area contributed by atoms with Gasteiger partial charge in [-0.05, 0) is 48.2 Å². The lowest BCUT2D eigenvalue weighted by atomic mass is 10.0. The Morgan fingerprint density at radius 1 is 1.04 bits per heavy atom. The molecule has 27 heavy (non-hydrogen) atoms. The SMILES string of the molecule is N#CCCCCCn1c(=O)[nH]c2cc(-c3cccc(C(F)(F)F)c3)ccc21. The highest BCUT2D eigenvalue weighted by atomic mass is 19.4. The number of aromatic nitrogens is 2. The lowest BCUT2D eigenvalue weighted by Gasteiger charge is -2.09. The van der Waals surface area contributed by atoms with Crippen LogP contribution < -0.4 is 5.69 Å². The highest BCUT2D eigenvalue weighted by molar-refractivity contribution is 5.82. The Balaban J connectivity index is 1.87. The van der Waals surface area contributed by atoms with E-state index in [0.717, 1.165) is 36.9 Å². The first-order valence-corrected chi connectivity index (χ1v) is 8.67. The molecular formula is C20H18F3N3O. The lowest BCUT2D eigenvalue weighted by Crippen LogP contribution is -2.16. The molecule has 0 aliphatic rings. The molecule has 1 N–H and O–H groups in total. The van der Waals surface area contributed by atoms with E-state index in [-0.39, 0.29) is 5.69 Å². The van der Waals surface area contributed by atoms with Gasteiger partial charge in [-0.2, -0.15) is 18.4 Å². The van der Waals surface area contributed by atoms with E-state index in [1.54, 1.807) is 28.8 Å². The van der Waals surface area contributed by atoms with Gasteiger partial charge in [0.1, 0.15) is 0 Å². The van der Waals surface area contributed by atoms with Crippen molar-refractivity contribution in [1.29, 1.82) is 5.26 Å². The molecular weight excluding hydrogens is 355 g/mol. The summed E-state index contributed by atoms with van der Waals surface area (Å²) in [6.07, 6.45) is -1.46. The van der Waals surface area contributed by atoms with E-state index >= 15 is 0 Å². The summed E-state index contributed by atoms with van der Waals surface area (Å²) in [6, 6.07) is 12.4. The number of imidazole rings is 1. The molecule has 0 atom stereocenters. The molecule has 0 spiro atoms. The van der Waals surface area contributed by atoms with E-state index in [0.29, 0.717) is 29.6 Å². The predicted octanol–water partition coefficient (Wildman–Crippen LogP) is 5.10. The highest BCUT2D eigenvalue weighted by Gasteiger charge is 2.30. The second-order valence-electron chi connectivity index (χ2n) is 6.36. The van der Waals surface area contributed by atoms with Gasteiger partial charge in [0, 0.05) is 13.0 Å². The summed E-state index contributed by atoms with van der Waals surface area (Å²) in [4.78, 5) is 15.0. The van der Waals surface area contributed by atoms with Gasteiger partial charge >= 0.3 is 11.9 Å². The number of nitriles is 1. The van der Waals surface area contributed by atoms with Crippen LogP contribution in [0.5, 0.6) is 0 Å². The molecule has 7 heteroatoms. The van der Waals surface area contributed by atoms with Crippen molar-refractivity contribution in [3.63, 3.8) is 0 Å². The molecule has 2 aromatic carbocycles. The number of aromatic amines is 1. The molecule has 1 aromatic heterocycles. The minimum absolute atomic E-state index is 0.244. The smallest absolute Gasteiger partial charge is 0.306 e. The van der Waals surface area contributed by atoms with Crippen molar-refractivity contribution in [3.8, 4) is 17.2 Å². The third-order valence-corrected chi connectivity index (χ3v) is 4.47. The zero-order chi connectivity index (χ0) is 19.4. The van der Waals surface area contributed by atoms with Crippen LogP contribution in [0, 0.1) is 11.3 Å². The number of benzene rings is 2. The van der Waals surface area contributed by atoms with Crippen molar-refractivity contribution in [3.05, 3.63) is 58.5 Å². The number of nitrogens with zero attached hydrogens (tertiary/aromatic N) is 2. The monoisotopic (exact) mass is 373 g/mol. The molecule has 1 heterocycles. The summed E-state index contributed by atoms with van der Waals surface area (Å²) in [5.41, 5.74) is 1.41. The molecule has 0 amide bonds. The van der Waals surface area contributed by atoms with Gasteiger partial charge in [0.15, 0.2) is 0 Å². The van der Waals surface area contributed by atoms with Crippen LogP contribution in [0.15, 0.2) is 47.3 Å². The molecule has 0 radical (unpaired) electrons. The molecule has 0 unspecified atom stereocenters. The minimum Gasteiger partial charge on any atom is -0.306 e. The predicted molar refractivity (Wildman–Crippen MR) is 97.1 cm³/mol. The van der Waals surface area contributed by atoms with Crippen molar-refractivity contribution in [2.24, 2.45) is 0 Å². The van der Waals surface area contributed by atoms with Gasteiger partial charge in [-0.25, -0.2) is 4.79 Å². The summed E-state index contributed by atoms with van der Waals surface area (Å²) < 4.78 is 40.4. The van der Waals surface area contributed by atoms with Crippen LogP contribution in [-0.2, 0) is 12.7 Å². The van der Waals surface area contributed by atoms with E-state index < -0.39 is 11.7 Å². The molecule has 140 valence electrons. The number of nitrogens with one attached hydrogen (secondary N) is 1. The molecule has 0 fully saturated rings. The van der Waals surface area contributed by atoms with E-state index in [9.17, 15) is 18.0 Å². The zero-order valence-electron chi connectivity index (χ0n) is 14.5. The first-order valence-electron chi connectivity index (χ1n) is 8.67. The summed E-state index contributed by atoms with van der Waals surface area (Å²) in [7, 11) is 0. The fourth-order valence-electron chi connectivity index (χ4n) is 3.09. The van der Waals surface area contributed by atoms with Gasteiger partial charge in [0.25, 0.3) is 0 Å². The number of alkyl halides is 3. The van der Waals surface area contributed by atoms with Gasteiger partial charge in [-0.1, -0.05) is 24.6 Å². The fraction of sp³-hybridized carbons (Fsp3) is 0.300. The van der Waals surface area contributed by atoms with Crippen LogP contribution in [-0.4, -0.2) is 9.55 Å². The third-order valence-electron chi connectivity index (χ3n) is 4.47. The van der Waals surface area contributed by atoms with Crippen LogP contribution in [0.25, 0.3) is 22.2 Å². The summed E-state index contributed by atoms with van der Waals surface area (Å²) in [6.45, 7) is 0.535. The van der Waals surface area contributed by atoms with Gasteiger partial charge < -0.3 is 4.98 Å². The van der Waals surface area contributed by atoms with E-state index in [4.69, 9.17) is 5.26 Å². The lowest BCUT2D eigenvalue weighted by molar-refractivity contribution is -0.137. The number of H-pyrrole nitrogens is 1. The Morgan fingerprint density at radius 3 is 2.56 bits per heavy atom. The average Bonchev–Trinajstić information content (AvgIpc) is 2.95. The Hall–Kier alpha value is -3.01. The average molecular weight is 373 g/mol. The van der Waals surface area contributed by atoms with E-state index in [1.807, 2.05) is 0 Å².